The maximum atomic E-state index is 14.1. The van der Waals surface area contributed by atoms with Gasteiger partial charge in [0.2, 0.25) is 0 Å². The minimum absolute atomic E-state index is 0.0237. The molecule has 6 nitrogen and oxygen atoms in total. The highest BCUT2D eigenvalue weighted by Gasteiger charge is 2.37. The van der Waals surface area contributed by atoms with Gasteiger partial charge in [0.1, 0.15) is 17.7 Å². The molecule has 3 aromatic carbocycles. The van der Waals surface area contributed by atoms with Crippen LogP contribution in [-0.2, 0) is 21.0 Å². The number of carbonyl (C=O) groups is 1. The fourth-order valence-corrected chi connectivity index (χ4v) is 5.64. The molecule has 0 aromatic heterocycles. The second-order valence-corrected chi connectivity index (χ2v) is 10.7. The van der Waals surface area contributed by atoms with Gasteiger partial charge in [-0.3, -0.25) is 9.10 Å². The number of hydrogen-bond donors (Lipinski definition) is 1. The van der Waals surface area contributed by atoms with E-state index >= 15 is 0 Å². The highest BCUT2D eigenvalue weighted by Crippen LogP contribution is 2.42. The second-order valence-electron chi connectivity index (χ2n) is 8.45. The van der Waals surface area contributed by atoms with E-state index in [0.29, 0.717) is 11.6 Å². The first-order valence-electron chi connectivity index (χ1n) is 11.2. The maximum Gasteiger partial charge on any atom is 0.416 e. The third-order valence-corrected chi connectivity index (χ3v) is 7.93. The third kappa shape index (κ3) is 5.56. The summed E-state index contributed by atoms with van der Waals surface area (Å²) in [6.07, 6.45) is -7.62. The molecule has 2 atom stereocenters. The molecule has 0 bridgehead atoms. The number of carbonyl (C=O) groups excluding carboxylic acids is 1. The van der Waals surface area contributed by atoms with Crippen LogP contribution in [0.15, 0.2) is 65.6 Å². The van der Waals surface area contributed by atoms with Crippen molar-refractivity contribution in [2.45, 2.75) is 30.3 Å². The Kier molecular flexibility index (Phi) is 7.57. The van der Waals surface area contributed by atoms with Crippen LogP contribution in [0.25, 0.3) is 11.1 Å². The molecule has 2 unspecified atom stereocenters. The standard InChI is InChI=1S/C25H20ClF5N2O4S/c1-14(27)24(34)32-12-17-13-33(38(35,36)18-5-2-4-16(11-18)25(29,30)31)21-10-15(8-9-22(21)37-17)19-6-3-7-20(28)23(19)26/h2-11,14,17H,12-13H2,1H3,(H,32,34). The number of halogens is 6. The SMILES string of the molecule is CC(F)C(=O)NCC1CN(S(=O)(=O)c2cccc(C(F)(F)F)c2)c2cc(-c3cccc(F)c3Cl)ccc2O1. The van der Waals surface area contributed by atoms with Crippen molar-refractivity contribution in [3.05, 3.63) is 77.1 Å². The topological polar surface area (TPSA) is 75.7 Å². The fourth-order valence-electron chi connectivity index (χ4n) is 3.86. The Hall–Kier alpha value is -3.38. The van der Waals surface area contributed by atoms with Gasteiger partial charge in [0.05, 0.1) is 34.3 Å². The number of benzene rings is 3. The van der Waals surface area contributed by atoms with Crippen LogP contribution in [0.2, 0.25) is 5.02 Å². The van der Waals surface area contributed by atoms with Crippen LogP contribution in [0.5, 0.6) is 5.75 Å². The smallest absolute Gasteiger partial charge is 0.416 e. The summed E-state index contributed by atoms with van der Waals surface area (Å²) in [6.45, 7) is 0.321. The van der Waals surface area contributed by atoms with Gasteiger partial charge in [-0.1, -0.05) is 35.9 Å². The number of anilines is 1. The van der Waals surface area contributed by atoms with Crippen LogP contribution in [0.4, 0.5) is 27.6 Å². The summed E-state index contributed by atoms with van der Waals surface area (Å²) in [5, 5.41) is 2.10. The van der Waals surface area contributed by atoms with Gasteiger partial charge in [-0.15, -0.1) is 0 Å². The van der Waals surface area contributed by atoms with Crippen molar-refractivity contribution in [3.63, 3.8) is 0 Å². The first-order chi connectivity index (χ1) is 17.8. The largest absolute Gasteiger partial charge is 0.484 e. The molecule has 1 N–H and O–H groups in total. The van der Waals surface area contributed by atoms with Crippen molar-refractivity contribution in [3.8, 4) is 16.9 Å². The molecule has 1 heterocycles. The summed E-state index contributed by atoms with van der Waals surface area (Å²) in [7, 11) is -4.60. The number of nitrogens with zero attached hydrogens (tertiary/aromatic N) is 1. The fraction of sp³-hybridized carbons (Fsp3) is 0.240. The Labute approximate surface area is 220 Å². The highest BCUT2D eigenvalue weighted by molar-refractivity contribution is 7.92. The Morgan fingerprint density at radius 3 is 2.55 bits per heavy atom. The normalized spacial score (nSPS) is 16.4. The first kappa shape index (κ1) is 27.6. The van der Waals surface area contributed by atoms with Gasteiger partial charge in [-0.25, -0.2) is 17.2 Å². The van der Waals surface area contributed by atoms with Gasteiger partial charge in [0, 0.05) is 5.56 Å². The Morgan fingerprint density at radius 2 is 1.87 bits per heavy atom. The number of sulfonamides is 1. The summed E-state index contributed by atoms with van der Waals surface area (Å²) >= 11 is 6.10. The molecule has 0 spiro atoms. The quantitative estimate of drug-likeness (QED) is 0.389. The zero-order chi connectivity index (χ0) is 27.8. The van der Waals surface area contributed by atoms with E-state index in [1.54, 1.807) is 0 Å². The van der Waals surface area contributed by atoms with Crippen LogP contribution in [0.3, 0.4) is 0 Å². The van der Waals surface area contributed by atoms with E-state index in [2.05, 4.69) is 5.32 Å². The molecule has 4 rings (SSSR count). The molecular formula is C25H20ClF5N2O4S. The molecule has 0 saturated heterocycles. The van der Waals surface area contributed by atoms with Gasteiger partial charge in [-0.05, 0) is 48.9 Å². The lowest BCUT2D eigenvalue weighted by Gasteiger charge is -2.36. The van der Waals surface area contributed by atoms with Crippen LogP contribution in [0.1, 0.15) is 12.5 Å². The van der Waals surface area contributed by atoms with Gasteiger partial charge in [-0.2, -0.15) is 13.2 Å². The minimum atomic E-state index is -4.79. The predicted molar refractivity (Wildman–Crippen MR) is 131 cm³/mol. The van der Waals surface area contributed by atoms with Crippen molar-refractivity contribution >= 4 is 33.2 Å². The molecule has 3 aromatic rings. The lowest BCUT2D eigenvalue weighted by molar-refractivity contribution is -0.137. The molecule has 1 amide bonds. The summed E-state index contributed by atoms with van der Waals surface area (Å²) in [5.74, 6) is -1.62. The molecule has 0 aliphatic carbocycles. The van der Waals surface area contributed by atoms with Gasteiger partial charge in [0.15, 0.2) is 6.17 Å². The predicted octanol–water partition coefficient (Wildman–Crippen LogP) is 5.60. The number of fused-ring (bicyclic) bond motifs is 1. The van der Waals surface area contributed by atoms with E-state index in [1.807, 2.05) is 0 Å². The summed E-state index contributed by atoms with van der Waals surface area (Å²) in [6, 6.07) is 11.6. The highest BCUT2D eigenvalue weighted by atomic mass is 35.5. The van der Waals surface area contributed by atoms with Crippen molar-refractivity contribution in [2.24, 2.45) is 0 Å². The molecule has 38 heavy (non-hydrogen) atoms. The number of rotatable bonds is 6. The molecule has 13 heteroatoms. The van der Waals surface area contributed by atoms with E-state index in [9.17, 15) is 35.2 Å². The molecule has 0 fully saturated rings. The van der Waals surface area contributed by atoms with Crippen LogP contribution in [0, 0.1) is 5.82 Å². The van der Waals surface area contributed by atoms with E-state index in [1.165, 1.54) is 30.3 Å². The van der Waals surface area contributed by atoms with Crippen molar-refractivity contribution in [2.75, 3.05) is 17.4 Å². The number of amides is 1. The number of nitrogens with one attached hydrogen (secondary N) is 1. The lowest BCUT2D eigenvalue weighted by atomic mass is 10.0. The van der Waals surface area contributed by atoms with E-state index < -0.39 is 57.2 Å². The monoisotopic (exact) mass is 574 g/mol. The average molecular weight is 575 g/mol. The maximum absolute atomic E-state index is 14.1. The molecule has 202 valence electrons. The van der Waals surface area contributed by atoms with Gasteiger partial charge in [0.25, 0.3) is 15.9 Å². The van der Waals surface area contributed by atoms with Crippen molar-refractivity contribution in [1.82, 2.24) is 5.32 Å². The molecule has 1 aliphatic heterocycles. The van der Waals surface area contributed by atoms with Gasteiger partial charge < -0.3 is 10.1 Å². The molecule has 1 aliphatic rings. The number of alkyl halides is 4. The zero-order valence-corrected chi connectivity index (χ0v) is 21.2. The molecule has 0 saturated carbocycles. The van der Waals surface area contributed by atoms with Crippen LogP contribution >= 0.6 is 11.6 Å². The minimum Gasteiger partial charge on any atom is -0.484 e. The summed E-state index contributed by atoms with van der Waals surface area (Å²) < 4.78 is 101. The second kappa shape index (κ2) is 10.4. The average Bonchev–Trinajstić information content (AvgIpc) is 2.87. The van der Waals surface area contributed by atoms with E-state index in [-0.39, 0.29) is 28.6 Å². The summed E-state index contributed by atoms with van der Waals surface area (Å²) in [5.41, 5.74) is -0.633. The number of hydrogen-bond acceptors (Lipinski definition) is 4. The summed E-state index contributed by atoms with van der Waals surface area (Å²) in [4.78, 5) is 11.1. The van der Waals surface area contributed by atoms with Crippen molar-refractivity contribution in [1.29, 1.82) is 0 Å². The third-order valence-electron chi connectivity index (χ3n) is 5.77. The van der Waals surface area contributed by atoms with Gasteiger partial charge >= 0.3 is 6.18 Å². The first-order valence-corrected chi connectivity index (χ1v) is 13.0. The number of ether oxygens (including phenoxy) is 1. The van der Waals surface area contributed by atoms with Crippen LogP contribution < -0.4 is 14.4 Å². The Morgan fingerprint density at radius 1 is 1.16 bits per heavy atom. The van der Waals surface area contributed by atoms with Crippen molar-refractivity contribution < 1.29 is 39.9 Å². The Balaban J connectivity index is 1.80. The van der Waals surface area contributed by atoms with E-state index in [0.717, 1.165) is 35.5 Å². The zero-order valence-electron chi connectivity index (χ0n) is 19.6. The Bertz CT molecular complexity index is 1480. The molecule has 0 radical (unpaired) electrons. The van der Waals surface area contributed by atoms with Crippen LogP contribution in [-0.4, -0.2) is 39.7 Å². The lowest BCUT2D eigenvalue weighted by Crippen LogP contribution is -2.49. The molecular weight excluding hydrogens is 555 g/mol. The van der Waals surface area contributed by atoms with E-state index in [4.69, 9.17) is 16.3 Å².